The van der Waals surface area contributed by atoms with E-state index < -0.39 is 10.0 Å². The number of nitrogens with zero attached hydrogens (tertiary/aromatic N) is 2. The fourth-order valence-corrected chi connectivity index (χ4v) is 5.64. The second-order valence-corrected chi connectivity index (χ2v) is 9.58. The van der Waals surface area contributed by atoms with Gasteiger partial charge < -0.3 is 5.32 Å². The summed E-state index contributed by atoms with van der Waals surface area (Å²) in [6, 6.07) is 18.4. The van der Waals surface area contributed by atoms with Crippen LogP contribution in [-0.4, -0.2) is 36.7 Å². The van der Waals surface area contributed by atoms with Crippen molar-refractivity contribution in [2.24, 2.45) is 5.92 Å². The van der Waals surface area contributed by atoms with Crippen LogP contribution in [0, 0.1) is 5.92 Å². The predicted molar refractivity (Wildman–Crippen MR) is 116 cm³/mol. The lowest BCUT2D eigenvalue weighted by Crippen LogP contribution is -2.45. The van der Waals surface area contributed by atoms with E-state index in [1.54, 1.807) is 24.4 Å². The number of para-hydroxylation sites is 1. The monoisotopic (exact) mass is 423 g/mol. The van der Waals surface area contributed by atoms with E-state index >= 15 is 0 Å². The van der Waals surface area contributed by atoms with E-state index in [2.05, 4.69) is 10.3 Å². The largest absolute Gasteiger partial charge is 0.349 e. The van der Waals surface area contributed by atoms with Crippen molar-refractivity contribution >= 4 is 26.8 Å². The molecule has 2 unspecified atom stereocenters. The molecule has 2 atom stereocenters. The number of amides is 1. The molecule has 1 saturated heterocycles. The van der Waals surface area contributed by atoms with Gasteiger partial charge in [0.25, 0.3) is 0 Å². The summed E-state index contributed by atoms with van der Waals surface area (Å²) >= 11 is 0. The fraction of sp³-hybridized carbons (Fsp3) is 0.304. The van der Waals surface area contributed by atoms with Crippen molar-refractivity contribution in [3.63, 3.8) is 0 Å². The number of rotatable bonds is 5. The van der Waals surface area contributed by atoms with Crippen LogP contribution >= 0.6 is 0 Å². The quantitative estimate of drug-likeness (QED) is 0.681. The Labute approximate surface area is 177 Å². The summed E-state index contributed by atoms with van der Waals surface area (Å²) < 4.78 is 28.2. The molecule has 4 rings (SSSR count). The number of fused-ring (bicyclic) bond motifs is 1. The van der Waals surface area contributed by atoms with Gasteiger partial charge in [-0.05, 0) is 37.5 Å². The fourth-order valence-electron chi connectivity index (χ4n) is 3.95. The van der Waals surface area contributed by atoms with Crippen molar-refractivity contribution in [2.45, 2.75) is 30.7 Å². The number of carbonyl (C=O) groups is 1. The van der Waals surface area contributed by atoms with E-state index in [1.165, 1.54) is 4.31 Å². The summed E-state index contributed by atoms with van der Waals surface area (Å²) in [7, 11) is -3.74. The minimum Gasteiger partial charge on any atom is -0.349 e. The first kappa shape index (κ1) is 20.5. The maximum Gasteiger partial charge on any atom is 0.245 e. The maximum absolute atomic E-state index is 13.4. The molecule has 1 aromatic heterocycles. The zero-order valence-electron chi connectivity index (χ0n) is 16.9. The summed E-state index contributed by atoms with van der Waals surface area (Å²) in [5, 5.41) is 3.81. The number of benzene rings is 2. The highest BCUT2D eigenvalue weighted by molar-refractivity contribution is 7.89. The van der Waals surface area contributed by atoms with E-state index in [4.69, 9.17) is 0 Å². The normalized spacial score (nSPS) is 18.8. The number of carbonyl (C=O) groups excluding carboxylic acids is 1. The first-order chi connectivity index (χ1) is 14.5. The van der Waals surface area contributed by atoms with Gasteiger partial charge in [-0.2, -0.15) is 4.31 Å². The molecule has 0 bridgehead atoms. The van der Waals surface area contributed by atoms with Gasteiger partial charge in [0.05, 0.1) is 17.5 Å². The third-order valence-electron chi connectivity index (χ3n) is 5.63. The minimum atomic E-state index is -3.74. The van der Waals surface area contributed by atoms with Crippen LogP contribution in [0.3, 0.4) is 0 Å². The summed E-state index contributed by atoms with van der Waals surface area (Å²) in [4.78, 5) is 17.3. The van der Waals surface area contributed by atoms with Crippen molar-refractivity contribution < 1.29 is 13.2 Å². The molecule has 1 aliphatic heterocycles. The Balaban J connectivity index is 1.52. The number of hydrogen-bond donors (Lipinski definition) is 1. The smallest absolute Gasteiger partial charge is 0.245 e. The van der Waals surface area contributed by atoms with E-state index in [0.717, 1.165) is 10.9 Å². The maximum atomic E-state index is 13.4. The second-order valence-electron chi connectivity index (χ2n) is 7.67. The molecule has 156 valence electrons. The molecule has 0 saturated carbocycles. The van der Waals surface area contributed by atoms with Crippen molar-refractivity contribution in [2.75, 3.05) is 13.1 Å². The minimum absolute atomic E-state index is 0.109. The molecule has 2 heterocycles. The van der Waals surface area contributed by atoms with Gasteiger partial charge in [-0.15, -0.1) is 0 Å². The standard InChI is InChI=1S/C23H25N3O3S/c1-17(18-8-3-2-4-9-18)25-23(27)20-12-7-15-26(16-20)30(28,29)21-13-5-10-19-11-6-14-24-22(19)21/h2-6,8-11,13-14,17,20H,7,12,15-16H2,1H3,(H,25,27). The van der Waals surface area contributed by atoms with Crippen LogP contribution in [0.5, 0.6) is 0 Å². The van der Waals surface area contributed by atoms with Gasteiger partial charge in [-0.3, -0.25) is 9.78 Å². The number of piperidine rings is 1. The third kappa shape index (κ3) is 4.08. The van der Waals surface area contributed by atoms with E-state index in [9.17, 15) is 13.2 Å². The lowest BCUT2D eigenvalue weighted by atomic mass is 9.98. The Morgan fingerprint density at radius 2 is 1.87 bits per heavy atom. The predicted octanol–water partition coefficient (Wildman–Crippen LogP) is 3.51. The molecule has 7 heteroatoms. The number of sulfonamides is 1. The van der Waals surface area contributed by atoms with Gasteiger partial charge in [0.1, 0.15) is 4.90 Å². The van der Waals surface area contributed by atoms with E-state index in [0.29, 0.717) is 24.9 Å². The Bertz CT molecular complexity index is 1140. The van der Waals surface area contributed by atoms with Crippen molar-refractivity contribution in [1.82, 2.24) is 14.6 Å². The van der Waals surface area contributed by atoms with Crippen LogP contribution < -0.4 is 5.32 Å². The summed E-state index contributed by atoms with van der Waals surface area (Å²) in [5.74, 6) is -0.482. The highest BCUT2D eigenvalue weighted by Crippen LogP contribution is 2.28. The van der Waals surface area contributed by atoms with Gasteiger partial charge in [0.15, 0.2) is 0 Å². The van der Waals surface area contributed by atoms with Gasteiger partial charge >= 0.3 is 0 Å². The summed E-state index contributed by atoms with van der Waals surface area (Å²) in [5.41, 5.74) is 1.48. The first-order valence-corrected chi connectivity index (χ1v) is 11.6. The van der Waals surface area contributed by atoms with Crippen molar-refractivity contribution in [1.29, 1.82) is 0 Å². The van der Waals surface area contributed by atoms with Crippen LogP contribution in [-0.2, 0) is 14.8 Å². The van der Waals surface area contributed by atoms with E-state index in [1.807, 2.05) is 49.4 Å². The molecule has 1 amide bonds. The molecule has 0 radical (unpaired) electrons. The Kier molecular flexibility index (Phi) is 5.83. The molecule has 2 aromatic carbocycles. The van der Waals surface area contributed by atoms with Gasteiger partial charge in [0, 0.05) is 24.7 Å². The molecular weight excluding hydrogens is 398 g/mol. The molecular formula is C23H25N3O3S. The highest BCUT2D eigenvalue weighted by atomic mass is 32.2. The molecule has 1 N–H and O–H groups in total. The molecule has 0 spiro atoms. The number of pyridine rings is 1. The Morgan fingerprint density at radius 1 is 1.10 bits per heavy atom. The van der Waals surface area contributed by atoms with Crippen LogP contribution in [0.4, 0.5) is 0 Å². The topological polar surface area (TPSA) is 79.4 Å². The molecule has 0 aliphatic carbocycles. The lowest BCUT2D eigenvalue weighted by molar-refractivity contribution is -0.126. The van der Waals surface area contributed by atoms with Crippen LogP contribution in [0.25, 0.3) is 10.9 Å². The molecule has 1 aliphatic rings. The second kappa shape index (κ2) is 8.53. The third-order valence-corrected chi connectivity index (χ3v) is 7.52. The summed E-state index contributed by atoms with van der Waals surface area (Å²) in [6.45, 7) is 2.52. The Morgan fingerprint density at radius 3 is 2.67 bits per heavy atom. The van der Waals surface area contributed by atoms with Gasteiger partial charge in [-0.25, -0.2) is 8.42 Å². The van der Waals surface area contributed by atoms with Crippen LogP contribution in [0.2, 0.25) is 0 Å². The number of hydrogen-bond acceptors (Lipinski definition) is 4. The average Bonchev–Trinajstić information content (AvgIpc) is 2.79. The Hall–Kier alpha value is -2.77. The number of aromatic nitrogens is 1. The molecule has 6 nitrogen and oxygen atoms in total. The van der Waals surface area contributed by atoms with Crippen molar-refractivity contribution in [3.8, 4) is 0 Å². The summed E-state index contributed by atoms with van der Waals surface area (Å²) in [6.07, 6.45) is 2.92. The highest BCUT2D eigenvalue weighted by Gasteiger charge is 2.34. The first-order valence-electron chi connectivity index (χ1n) is 10.2. The van der Waals surface area contributed by atoms with E-state index in [-0.39, 0.29) is 29.3 Å². The molecule has 30 heavy (non-hydrogen) atoms. The van der Waals surface area contributed by atoms with Gasteiger partial charge in [0.2, 0.25) is 15.9 Å². The van der Waals surface area contributed by atoms with Crippen LogP contribution in [0.1, 0.15) is 31.4 Å². The molecule has 1 fully saturated rings. The van der Waals surface area contributed by atoms with Crippen LogP contribution in [0.15, 0.2) is 71.8 Å². The van der Waals surface area contributed by atoms with Crippen molar-refractivity contribution in [3.05, 3.63) is 72.4 Å². The molecule has 3 aromatic rings. The zero-order chi connectivity index (χ0) is 21.1. The SMILES string of the molecule is CC(NC(=O)C1CCCN(S(=O)(=O)c2cccc3cccnc23)C1)c1ccccc1. The average molecular weight is 424 g/mol. The lowest BCUT2D eigenvalue weighted by Gasteiger charge is -2.32. The van der Waals surface area contributed by atoms with Gasteiger partial charge in [-0.1, -0.05) is 48.5 Å². The number of nitrogens with one attached hydrogen (secondary N) is 1. The zero-order valence-corrected chi connectivity index (χ0v) is 17.7.